The average Bonchev–Trinajstić information content (AvgIpc) is 3.40. The molecule has 12 heteroatoms. The Bertz CT molecular complexity index is 1270. The van der Waals surface area contributed by atoms with Gasteiger partial charge >= 0.3 is 12.1 Å². The first-order valence-corrected chi connectivity index (χ1v) is 13.7. The Labute approximate surface area is 239 Å². The van der Waals surface area contributed by atoms with Crippen LogP contribution in [0.3, 0.4) is 0 Å². The van der Waals surface area contributed by atoms with Gasteiger partial charge in [0.15, 0.2) is 11.5 Å². The number of urea groups is 2. The molecule has 0 spiro atoms. The molecule has 2 aliphatic rings. The molecule has 2 aromatic rings. The summed E-state index contributed by atoms with van der Waals surface area (Å²) in [6, 6.07) is 9.20. The number of nitrogens with one attached hydrogen (secondary N) is 3. The van der Waals surface area contributed by atoms with E-state index < -0.39 is 12.1 Å². The number of nitrogens with zero attached hydrogens (tertiary/aromatic N) is 2. The van der Waals surface area contributed by atoms with Crippen molar-refractivity contribution in [3.63, 3.8) is 0 Å². The van der Waals surface area contributed by atoms with Crippen LogP contribution in [-0.4, -0.2) is 84.6 Å². The van der Waals surface area contributed by atoms with Crippen molar-refractivity contribution in [3.8, 4) is 17.2 Å². The zero-order valence-corrected chi connectivity index (χ0v) is 24.1. The monoisotopic (exact) mass is 569 g/mol. The minimum Gasteiger partial charge on any atom is -0.488 e. The Morgan fingerprint density at radius 2 is 1.73 bits per heavy atom. The van der Waals surface area contributed by atoms with Crippen molar-refractivity contribution < 1.29 is 33.7 Å². The molecular weight excluding hydrogens is 530 g/mol. The number of likely N-dealkylation sites (N-methyl/N-ethyl adjacent to an activating group) is 1. The van der Waals surface area contributed by atoms with Crippen LogP contribution in [0.15, 0.2) is 36.4 Å². The van der Waals surface area contributed by atoms with Crippen LogP contribution in [0.5, 0.6) is 17.2 Å². The summed E-state index contributed by atoms with van der Waals surface area (Å²) < 4.78 is 17.2. The maximum absolute atomic E-state index is 13.4. The van der Waals surface area contributed by atoms with Crippen molar-refractivity contribution in [1.29, 1.82) is 0 Å². The Morgan fingerprint density at radius 1 is 1.05 bits per heavy atom. The first kappa shape index (κ1) is 29.8. The summed E-state index contributed by atoms with van der Waals surface area (Å²) in [6.07, 6.45) is -0.454. The van der Waals surface area contributed by atoms with E-state index in [1.807, 2.05) is 20.8 Å². The molecule has 41 heavy (non-hydrogen) atoms. The lowest BCUT2D eigenvalue weighted by atomic mass is 10.0. The van der Waals surface area contributed by atoms with Gasteiger partial charge in [-0.05, 0) is 51.1 Å². The molecule has 0 saturated carbocycles. The number of ether oxygens (including phenoxy) is 3. The summed E-state index contributed by atoms with van der Waals surface area (Å²) in [5.41, 5.74) is 1.68. The van der Waals surface area contributed by atoms with Crippen molar-refractivity contribution in [1.82, 2.24) is 15.1 Å². The van der Waals surface area contributed by atoms with Gasteiger partial charge in [-0.1, -0.05) is 6.92 Å². The smallest absolute Gasteiger partial charge is 0.321 e. The molecule has 2 aliphatic heterocycles. The summed E-state index contributed by atoms with van der Waals surface area (Å²) in [4.78, 5) is 41.9. The quantitative estimate of drug-likeness (QED) is 0.401. The normalized spacial score (nSPS) is 18.8. The molecule has 2 heterocycles. The van der Waals surface area contributed by atoms with Gasteiger partial charge in [0, 0.05) is 48.6 Å². The van der Waals surface area contributed by atoms with E-state index in [-0.39, 0.29) is 56.3 Å². The van der Waals surface area contributed by atoms with E-state index in [2.05, 4.69) is 16.0 Å². The molecule has 0 radical (unpaired) electrons. The van der Waals surface area contributed by atoms with Gasteiger partial charge < -0.3 is 45.1 Å². The second-order valence-corrected chi connectivity index (χ2v) is 10.8. The lowest BCUT2D eigenvalue weighted by molar-refractivity contribution is -0.134. The van der Waals surface area contributed by atoms with Gasteiger partial charge in [0.2, 0.25) is 12.7 Å². The third kappa shape index (κ3) is 7.51. The zero-order valence-electron chi connectivity index (χ0n) is 24.1. The Hall–Kier alpha value is -4.19. The number of carbonyl (C=O) groups excluding carboxylic acids is 3. The molecule has 0 unspecified atom stereocenters. The number of aliphatic hydroxyl groups excluding tert-OH is 1. The minimum atomic E-state index is -0.483. The summed E-state index contributed by atoms with van der Waals surface area (Å²) in [5.74, 6) is 1.33. The Morgan fingerprint density at radius 3 is 2.44 bits per heavy atom. The molecule has 222 valence electrons. The number of benzene rings is 2. The molecule has 0 saturated heterocycles. The third-order valence-electron chi connectivity index (χ3n) is 7.02. The van der Waals surface area contributed by atoms with E-state index in [9.17, 15) is 19.5 Å². The van der Waals surface area contributed by atoms with Gasteiger partial charge in [-0.2, -0.15) is 0 Å². The highest BCUT2D eigenvalue weighted by Crippen LogP contribution is 2.34. The van der Waals surface area contributed by atoms with Crippen LogP contribution < -0.4 is 30.2 Å². The van der Waals surface area contributed by atoms with E-state index in [4.69, 9.17) is 14.2 Å². The topological polar surface area (TPSA) is 142 Å². The Kier molecular flexibility index (Phi) is 9.43. The van der Waals surface area contributed by atoms with E-state index in [1.165, 1.54) is 4.90 Å². The van der Waals surface area contributed by atoms with Crippen LogP contribution in [0, 0.1) is 5.92 Å². The highest BCUT2D eigenvalue weighted by atomic mass is 16.7. The Balaban J connectivity index is 1.55. The fraction of sp³-hybridized carbons (Fsp3) is 0.483. The van der Waals surface area contributed by atoms with Gasteiger partial charge in [-0.25, -0.2) is 9.59 Å². The van der Waals surface area contributed by atoms with E-state index >= 15 is 0 Å². The third-order valence-corrected chi connectivity index (χ3v) is 7.02. The van der Waals surface area contributed by atoms with Crippen molar-refractivity contribution in [2.24, 2.45) is 5.92 Å². The number of aliphatic hydroxyl groups is 1. The van der Waals surface area contributed by atoms with Crippen molar-refractivity contribution in [2.75, 3.05) is 44.2 Å². The molecule has 4 N–H and O–H groups in total. The lowest BCUT2D eigenvalue weighted by Gasteiger charge is -2.34. The number of anilines is 2. The largest absolute Gasteiger partial charge is 0.488 e. The standard InChI is InChI=1S/C29H39N5O7/c1-17(2)30-28(37)31-21-6-8-23-20(10-21)11-27(36)34(19(4)15-35)13-18(3)26(41-23)14-33(5)29(38)32-22-7-9-24-25(12-22)40-16-39-24/h6-10,12,17-19,26,35H,11,13-16H2,1-5H3,(H,32,38)(H2,30,31,37)/t18-,19-,26-/m0/s1. The van der Waals surface area contributed by atoms with Gasteiger partial charge in [-0.15, -0.1) is 0 Å². The second kappa shape index (κ2) is 13.0. The maximum Gasteiger partial charge on any atom is 0.321 e. The maximum atomic E-state index is 13.4. The van der Waals surface area contributed by atoms with E-state index in [0.29, 0.717) is 40.7 Å². The van der Waals surface area contributed by atoms with Crippen LogP contribution in [0.2, 0.25) is 0 Å². The summed E-state index contributed by atoms with van der Waals surface area (Å²) in [6.45, 7) is 7.98. The van der Waals surface area contributed by atoms with Crippen molar-refractivity contribution >= 4 is 29.3 Å². The lowest BCUT2D eigenvalue weighted by Crippen LogP contribution is -2.48. The van der Waals surface area contributed by atoms with Crippen LogP contribution >= 0.6 is 0 Å². The molecule has 0 bridgehead atoms. The predicted octanol–water partition coefficient (Wildman–Crippen LogP) is 3.26. The van der Waals surface area contributed by atoms with Crippen LogP contribution in [0.25, 0.3) is 0 Å². The first-order valence-electron chi connectivity index (χ1n) is 13.7. The average molecular weight is 570 g/mol. The van der Waals surface area contributed by atoms with Gasteiger partial charge in [0.1, 0.15) is 11.9 Å². The van der Waals surface area contributed by atoms with Crippen molar-refractivity contribution in [2.45, 2.75) is 52.3 Å². The number of hydrogen-bond donors (Lipinski definition) is 4. The molecule has 4 rings (SSSR count). The van der Waals surface area contributed by atoms with Gasteiger partial charge in [0.05, 0.1) is 25.6 Å². The molecule has 5 amide bonds. The molecule has 3 atom stereocenters. The van der Waals surface area contributed by atoms with Crippen molar-refractivity contribution in [3.05, 3.63) is 42.0 Å². The van der Waals surface area contributed by atoms with Crippen LogP contribution in [0.4, 0.5) is 21.0 Å². The summed E-state index contributed by atoms with van der Waals surface area (Å²) in [5, 5.41) is 18.3. The number of amides is 5. The highest BCUT2D eigenvalue weighted by Gasteiger charge is 2.32. The molecule has 0 aromatic heterocycles. The highest BCUT2D eigenvalue weighted by molar-refractivity contribution is 5.90. The fourth-order valence-corrected chi connectivity index (χ4v) is 4.70. The van der Waals surface area contributed by atoms with Gasteiger partial charge in [0.25, 0.3) is 0 Å². The van der Waals surface area contributed by atoms with Crippen LogP contribution in [-0.2, 0) is 11.2 Å². The van der Waals surface area contributed by atoms with Gasteiger partial charge in [-0.3, -0.25) is 4.79 Å². The number of carbonyl (C=O) groups is 3. The van der Waals surface area contributed by atoms with E-state index in [0.717, 1.165) is 0 Å². The number of rotatable bonds is 7. The number of fused-ring (bicyclic) bond motifs is 2. The molecule has 2 aromatic carbocycles. The fourth-order valence-electron chi connectivity index (χ4n) is 4.70. The minimum absolute atomic E-state index is 0.0286. The predicted molar refractivity (Wildman–Crippen MR) is 153 cm³/mol. The number of hydrogen-bond acceptors (Lipinski definition) is 7. The second-order valence-electron chi connectivity index (χ2n) is 10.8. The molecule has 0 fully saturated rings. The molecule has 0 aliphatic carbocycles. The van der Waals surface area contributed by atoms with Crippen LogP contribution in [0.1, 0.15) is 33.3 Å². The summed E-state index contributed by atoms with van der Waals surface area (Å²) in [7, 11) is 1.67. The first-order chi connectivity index (χ1) is 19.5. The SMILES string of the molecule is CC(C)NC(=O)Nc1ccc2c(c1)CC(=O)N([C@@H](C)CO)C[C@H](C)[C@H](CN(C)C(=O)Nc1ccc3c(c1)OCO3)O2. The molecular formula is C29H39N5O7. The van der Waals surface area contributed by atoms with E-state index in [1.54, 1.807) is 55.3 Å². The molecule has 12 nitrogen and oxygen atoms in total. The zero-order chi connectivity index (χ0) is 29.7. The summed E-state index contributed by atoms with van der Waals surface area (Å²) >= 11 is 0.